The van der Waals surface area contributed by atoms with E-state index in [-0.39, 0.29) is 5.82 Å². The van der Waals surface area contributed by atoms with Gasteiger partial charge in [-0.2, -0.15) is 0 Å². The standard InChI is InChI=1S/C26H33FN6O/c27-21-9-7-20(8-10-21)24-25(33(19-30-24)22-5-2-1-3-6-22)23-11-13-29-26(31-23)28-12-4-14-32-15-17-34-18-16-32/h7-11,13,19,22H,1-6,12,14-18H2,(H,28,29,31). The first-order valence-corrected chi connectivity index (χ1v) is 12.5. The third-order valence-electron chi connectivity index (χ3n) is 6.82. The average Bonchev–Trinajstić information content (AvgIpc) is 3.34. The number of hydrogen-bond acceptors (Lipinski definition) is 6. The maximum Gasteiger partial charge on any atom is 0.223 e. The van der Waals surface area contributed by atoms with Crippen LogP contribution in [0.5, 0.6) is 0 Å². The lowest BCUT2D eigenvalue weighted by Gasteiger charge is -2.26. The van der Waals surface area contributed by atoms with Gasteiger partial charge in [0, 0.05) is 37.4 Å². The molecule has 1 aliphatic heterocycles. The molecular weight excluding hydrogens is 431 g/mol. The second-order valence-corrected chi connectivity index (χ2v) is 9.15. The summed E-state index contributed by atoms with van der Waals surface area (Å²) in [5.41, 5.74) is 3.55. The van der Waals surface area contributed by atoms with E-state index in [1.807, 2.05) is 12.4 Å². The highest BCUT2D eigenvalue weighted by Gasteiger charge is 2.23. The summed E-state index contributed by atoms with van der Waals surface area (Å²) in [5, 5.41) is 3.39. The smallest absolute Gasteiger partial charge is 0.223 e. The van der Waals surface area contributed by atoms with Gasteiger partial charge >= 0.3 is 0 Å². The lowest BCUT2D eigenvalue weighted by molar-refractivity contribution is 0.0378. The molecule has 0 bridgehead atoms. The van der Waals surface area contributed by atoms with Crippen LogP contribution < -0.4 is 5.32 Å². The van der Waals surface area contributed by atoms with Crippen LogP contribution in [-0.2, 0) is 4.74 Å². The zero-order valence-corrected chi connectivity index (χ0v) is 19.6. The Labute approximate surface area is 200 Å². The van der Waals surface area contributed by atoms with E-state index in [0.29, 0.717) is 12.0 Å². The van der Waals surface area contributed by atoms with Crippen molar-refractivity contribution >= 4 is 5.95 Å². The summed E-state index contributed by atoms with van der Waals surface area (Å²) in [4.78, 5) is 16.5. The Hall–Kier alpha value is -2.84. The second-order valence-electron chi connectivity index (χ2n) is 9.15. The fourth-order valence-electron chi connectivity index (χ4n) is 4.97. The van der Waals surface area contributed by atoms with E-state index >= 15 is 0 Å². The number of nitrogens with zero attached hydrogens (tertiary/aromatic N) is 5. The molecule has 2 fully saturated rings. The molecule has 1 saturated heterocycles. The van der Waals surface area contributed by atoms with Crippen LogP contribution in [0.2, 0.25) is 0 Å². The number of imidazole rings is 1. The van der Waals surface area contributed by atoms with Crippen molar-refractivity contribution in [3.8, 4) is 22.6 Å². The van der Waals surface area contributed by atoms with Crippen LogP contribution in [0.25, 0.3) is 22.6 Å². The largest absolute Gasteiger partial charge is 0.379 e. The van der Waals surface area contributed by atoms with E-state index in [0.717, 1.165) is 81.3 Å². The number of ether oxygens (including phenoxy) is 1. The first-order valence-electron chi connectivity index (χ1n) is 12.5. The number of rotatable bonds is 8. The van der Waals surface area contributed by atoms with Gasteiger partial charge in [-0.25, -0.2) is 19.3 Å². The van der Waals surface area contributed by atoms with Crippen molar-refractivity contribution in [3.63, 3.8) is 0 Å². The number of halogens is 1. The van der Waals surface area contributed by atoms with E-state index < -0.39 is 0 Å². The highest BCUT2D eigenvalue weighted by Crippen LogP contribution is 2.37. The van der Waals surface area contributed by atoms with Gasteiger partial charge in [0.1, 0.15) is 5.82 Å². The molecule has 3 heterocycles. The lowest BCUT2D eigenvalue weighted by atomic mass is 9.95. The molecule has 2 aliphatic rings. The Bertz CT molecular complexity index is 1060. The Kier molecular flexibility index (Phi) is 7.46. The summed E-state index contributed by atoms with van der Waals surface area (Å²) in [6.07, 6.45) is 10.8. The Morgan fingerprint density at radius 2 is 1.79 bits per heavy atom. The molecule has 7 nitrogen and oxygen atoms in total. The fraction of sp³-hybridized carbons (Fsp3) is 0.500. The van der Waals surface area contributed by atoms with Gasteiger partial charge in [0.2, 0.25) is 5.95 Å². The SMILES string of the molecule is Fc1ccc(-c2ncn(C3CCCCC3)c2-c2ccnc(NCCCN3CCOCC3)n2)cc1. The van der Waals surface area contributed by atoms with Gasteiger partial charge in [0.05, 0.1) is 36.6 Å². The van der Waals surface area contributed by atoms with Crippen LogP contribution in [0.3, 0.4) is 0 Å². The first-order chi connectivity index (χ1) is 16.8. The predicted octanol–water partition coefficient (Wildman–Crippen LogP) is 4.79. The number of nitrogens with one attached hydrogen (secondary N) is 1. The quantitative estimate of drug-likeness (QED) is 0.484. The Balaban J connectivity index is 1.37. The summed E-state index contributed by atoms with van der Waals surface area (Å²) in [6.45, 7) is 5.51. The number of hydrogen-bond donors (Lipinski definition) is 1. The molecule has 1 N–H and O–H groups in total. The highest BCUT2D eigenvalue weighted by molar-refractivity contribution is 5.77. The van der Waals surface area contributed by atoms with E-state index in [1.165, 1.54) is 31.4 Å². The zero-order valence-electron chi connectivity index (χ0n) is 19.6. The molecule has 1 saturated carbocycles. The molecule has 0 radical (unpaired) electrons. The van der Waals surface area contributed by atoms with Gasteiger partial charge in [-0.1, -0.05) is 19.3 Å². The van der Waals surface area contributed by atoms with Gasteiger partial charge in [-0.05, 0) is 56.1 Å². The predicted molar refractivity (Wildman–Crippen MR) is 131 cm³/mol. The highest BCUT2D eigenvalue weighted by atomic mass is 19.1. The molecule has 0 amide bonds. The number of morpholine rings is 1. The molecule has 3 aromatic rings. The van der Waals surface area contributed by atoms with Gasteiger partial charge in [0.25, 0.3) is 0 Å². The number of anilines is 1. The van der Waals surface area contributed by atoms with Crippen LogP contribution in [-0.4, -0.2) is 63.8 Å². The van der Waals surface area contributed by atoms with Crippen LogP contribution in [0.4, 0.5) is 10.3 Å². The minimum atomic E-state index is -0.248. The summed E-state index contributed by atoms with van der Waals surface area (Å²) < 4.78 is 21.3. The maximum atomic E-state index is 13.6. The van der Waals surface area contributed by atoms with Crippen molar-refractivity contribution in [1.82, 2.24) is 24.4 Å². The van der Waals surface area contributed by atoms with E-state index in [1.54, 1.807) is 18.3 Å². The molecule has 0 unspecified atom stereocenters. The molecule has 180 valence electrons. The third kappa shape index (κ3) is 5.45. The van der Waals surface area contributed by atoms with Crippen molar-refractivity contribution in [2.75, 3.05) is 44.7 Å². The topological polar surface area (TPSA) is 68.1 Å². The summed E-state index contributed by atoms with van der Waals surface area (Å²) in [5.74, 6) is 0.378. The van der Waals surface area contributed by atoms with Gasteiger partial charge in [0.15, 0.2) is 0 Å². The Morgan fingerprint density at radius 3 is 2.59 bits per heavy atom. The van der Waals surface area contributed by atoms with E-state index in [2.05, 4.69) is 19.8 Å². The van der Waals surface area contributed by atoms with Crippen molar-refractivity contribution in [1.29, 1.82) is 0 Å². The van der Waals surface area contributed by atoms with Crippen molar-refractivity contribution in [2.45, 2.75) is 44.6 Å². The lowest BCUT2D eigenvalue weighted by Crippen LogP contribution is -2.37. The van der Waals surface area contributed by atoms with E-state index in [9.17, 15) is 4.39 Å². The van der Waals surface area contributed by atoms with E-state index in [4.69, 9.17) is 14.7 Å². The van der Waals surface area contributed by atoms with Crippen molar-refractivity contribution in [3.05, 3.63) is 48.7 Å². The van der Waals surface area contributed by atoms with Gasteiger partial charge in [-0.15, -0.1) is 0 Å². The molecule has 1 aliphatic carbocycles. The molecule has 1 aromatic carbocycles. The van der Waals surface area contributed by atoms with Crippen LogP contribution in [0, 0.1) is 5.82 Å². The summed E-state index contributed by atoms with van der Waals surface area (Å²) in [6, 6.07) is 8.91. The van der Waals surface area contributed by atoms with Gasteiger partial charge in [-0.3, -0.25) is 4.90 Å². The fourth-order valence-corrected chi connectivity index (χ4v) is 4.97. The third-order valence-corrected chi connectivity index (χ3v) is 6.82. The minimum absolute atomic E-state index is 0.248. The molecule has 0 spiro atoms. The zero-order chi connectivity index (χ0) is 23.2. The maximum absolute atomic E-state index is 13.6. The van der Waals surface area contributed by atoms with Crippen molar-refractivity contribution in [2.24, 2.45) is 0 Å². The average molecular weight is 465 g/mol. The molecule has 0 atom stereocenters. The normalized spacial score (nSPS) is 17.7. The van der Waals surface area contributed by atoms with Crippen LogP contribution in [0.15, 0.2) is 42.9 Å². The van der Waals surface area contributed by atoms with Crippen LogP contribution in [0.1, 0.15) is 44.6 Å². The molecule has 2 aromatic heterocycles. The number of benzene rings is 1. The monoisotopic (exact) mass is 464 g/mol. The number of aromatic nitrogens is 4. The van der Waals surface area contributed by atoms with Gasteiger partial charge < -0.3 is 14.6 Å². The molecular formula is C26H33FN6O. The first kappa shape index (κ1) is 22.9. The summed E-state index contributed by atoms with van der Waals surface area (Å²) in [7, 11) is 0. The molecule has 8 heteroatoms. The second kappa shape index (κ2) is 11.1. The molecule has 34 heavy (non-hydrogen) atoms. The summed E-state index contributed by atoms with van der Waals surface area (Å²) >= 11 is 0. The minimum Gasteiger partial charge on any atom is -0.379 e. The van der Waals surface area contributed by atoms with Crippen LogP contribution >= 0.6 is 0 Å². The molecule has 5 rings (SSSR count). The van der Waals surface area contributed by atoms with Crippen molar-refractivity contribution < 1.29 is 9.13 Å². The Morgan fingerprint density at radius 1 is 1.00 bits per heavy atom.